The van der Waals surface area contributed by atoms with Crippen molar-refractivity contribution < 1.29 is 9.53 Å². The first-order chi connectivity index (χ1) is 8.65. The van der Waals surface area contributed by atoms with E-state index in [9.17, 15) is 4.79 Å². The fourth-order valence-corrected chi connectivity index (χ4v) is 1.60. The number of rotatable bonds is 4. The maximum atomic E-state index is 11.8. The minimum absolute atomic E-state index is 0.234. The van der Waals surface area contributed by atoms with E-state index in [1.807, 2.05) is 12.1 Å². The Morgan fingerprint density at radius 2 is 2.11 bits per heavy atom. The van der Waals surface area contributed by atoms with Crippen LogP contribution in [-0.2, 0) is 4.79 Å². The van der Waals surface area contributed by atoms with Crippen LogP contribution in [0.3, 0.4) is 0 Å². The van der Waals surface area contributed by atoms with Crippen molar-refractivity contribution in [3.05, 3.63) is 41.0 Å². The van der Waals surface area contributed by atoms with Gasteiger partial charge in [0.15, 0.2) is 6.10 Å². The number of benzene rings is 1. The Kier molecular flexibility index (Phi) is 3.99. The second-order valence-corrected chi connectivity index (χ2v) is 4.59. The summed E-state index contributed by atoms with van der Waals surface area (Å²) in [6.07, 6.45) is 0.977. The normalized spacial score (nSPS) is 11.9. The Bertz CT molecular complexity index is 511. The maximum Gasteiger partial charge on any atom is 0.266 e. The molecule has 0 aliphatic heterocycles. The molecular weight excluding hydrogens is 298 g/mol. The Hall–Kier alpha value is -1.82. The Morgan fingerprint density at radius 1 is 1.39 bits per heavy atom. The van der Waals surface area contributed by atoms with Gasteiger partial charge in [0.25, 0.3) is 5.91 Å². The summed E-state index contributed by atoms with van der Waals surface area (Å²) in [4.78, 5) is 11.8. The van der Waals surface area contributed by atoms with E-state index in [1.54, 1.807) is 31.3 Å². The van der Waals surface area contributed by atoms with Gasteiger partial charge in [0.1, 0.15) is 11.6 Å². The topological polar surface area (TPSA) is 67.0 Å². The van der Waals surface area contributed by atoms with Gasteiger partial charge >= 0.3 is 0 Å². The lowest BCUT2D eigenvalue weighted by atomic mass is 10.3. The summed E-state index contributed by atoms with van der Waals surface area (Å²) in [6, 6.07) is 8.97. The second-order valence-electron chi connectivity index (χ2n) is 3.67. The zero-order valence-electron chi connectivity index (χ0n) is 9.68. The van der Waals surface area contributed by atoms with Gasteiger partial charge in [-0.2, -0.15) is 5.10 Å². The summed E-state index contributed by atoms with van der Waals surface area (Å²) in [7, 11) is 0. The zero-order valence-corrected chi connectivity index (χ0v) is 11.3. The molecule has 1 aromatic carbocycles. The van der Waals surface area contributed by atoms with Crippen molar-refractivity contribution in [3.63, 3.8) is 0 Å². The van der Waals surface area contributed by atoms with Crippen LogP contribution in [0.1, 0.15) is 6.92 Å². The maximum absolute atomic E-state index is 11.8. The van der Waals surface area contributed by atoms with Gasteiger partial charge in [-0.3, -0.25) is 9.89 Å². The average Bonchev–Trinajstić information content (AvgIpc) is 2.85. The summed E-state index contributed by atoms with van der Waals surface area (Å²) in [6.45, 7) is 1.69. The molecule has 1 aromatic heterocycles. The number of ether oxygens (including phenoxy) is 1. The highest BCUT2D eigenvalue weighted by Crippen LogP contribution is 2.17. The molecule has 1 amide bonds. The molecule has 2 N–H and O–H groups in total. The van der Waals surface area contributed by atoms with Gasteiger partial charge in [-0.15, -0.1) is 0 Å². The Balaban J connectivity index is 1.93. The molecule has 1 heterocycles. The minimum atomic E-state index is -0.588. The van der Waals surface area contributed by atoms with Crippen LogP contribution >= 0.6 is 15.9 Å². The molecule has 0 aliphatic rings. The molecule has 0 bridgehead atoms. The number of nitrogens with one attached hydrogen (secondary N) is 2. The van der Waals surface area contributed by atoms with Crippen molar-refractivity contribution in [3.8, 4) is 5.75 Å². The molecule has 0 saturated heterocycles. The minimum Gasteiger partial charge on any atom is -0.481 e. The highest BCUT2D eigenvalue weighted by atomic mass is 79.9. The third-order valence-corrected chi connectivity index (χ3v) is 2.78. The third kappa shape index (κ3) is 3.33. The monoisotopic (exact) mass is 309 g/mol. The number of carbonyl (C=O) groups excluding carboxylic acids is 1. The van der Waals surface area contributed by atoms with Crippen molar-refractivity contribution >= 4 is 27.7 Å². The van der Waals surface area contributed by atoms with Gasteiger partial charge in [-0.1, -0.05) is 15.9 Å². The van der Waals surface area contributed by atoms with E-state index in [0.717, 1.165) is 4.47 Å². The highest BCUT2D eigenvalue weighted by molar-refractivity contribution is 9.10. The van der Waals surface area contributed by atoms with Gasteiger partial charge in [-0.25, -0.2) is 0 Å². The second kappa shape index (κ2) is 5.68. The molecule has 0 spiro atoms. The van der Waals surface area contributed by atoms with Crippen molar-refractivity contribution in [1.82, 2.24) is 10.2 Å². The number of nitrogens with zero attached hydrogens (tertiary/aromatic N) is 1. The molecule has 18 heavy (non-hydrogen) atoms. The Morgan fingerprint density at radius 3 is 2.72 bits per heavy atom. The number of hydrogen-bond donors (Lipinski definition) is 2. The SMILES string of the molecule is CC(Oc1ccc(Br)cc1)C(=O)Nc1ccn[nH]1. The zero-order chi connectivity index (χ0) is 13.0. The molecule has 1 unspecified atom stereocenters. The van der Waals surface area contributed by atoms with Gasteiger partial charge in [0.2, 0.25) is 0 Å². The molecule has 5 nitrogen and oxygen atoms in total. The van der Waals surface area contributed by atoms with E-state index in [2.05, 4.69) is 31.4 Å². The van der Waals surface area contributed by atoms with Crippen molar-refractivity contribution in [2.75, 3.05) is 5.32 Å². The molecule has 2 aromatic rings. The lowest BCUT2D eigenvalue weighted by Crippen LogP contribution is -2.30. The Labute approximate surface area is 113 Å². The number of halogens is 1. The first-order valence-corrected chi connectivity index (χ1v) is 6.17. The fraction of sp³-hybridized carbons (Fsp3) is 0.167. The summed E-state index contributed by atoms with van der Waals surface area (Å²) in [5.74, 6) is 0.957. The molecule has 0 radical (unpaired) electrons. The standard InChI is InChI=1S/C12H12BrN3O2/c1-8(12(17)15-11-6-7-14-16-11)18-10-4-2-9(13)3-5-10/h2-8H,1H3,(H2,14,15,16,17). The van der Waals surface area contributed by atoms with Gasteiger partial charge in [0.05, 0.1) is 6.20 Å². The number of amides is 1. The predicted octanol–water partition coefficient (Wildman–Crippen LogP) is 2.58. The molecule has 0 aliphatic carbocycles. The van der Waals surface area contributed by atoms with E-state index in [1.165, 1.54) is 0 Å². The van der Waals surface area contributed by atoms with E-state index >= 15 is 0 Å². The number of aromatic amines is 1. The summed E-state index contributed by atoms with van der Waals surface area (Å²) in [5, 5.41) is 9.06. The molecule has 0 fully saturated rings. The first kappa shape index (κ1) is 12.6. The van der Waals surface area contributed by atoms with Gasteiger partial charge < -0.3 is 10.1 Å². The quantitative estimate of drug-likeness (QED) is 0.912. The van der Waals surface area contributed by atoms with Crippen molar-refractivity contribution in [2.45, 2.75) is 13.0 Å². The van der Waals surface area contributed by atoms with Crippen LogP contribution < -0.4 is 10.1 Å². The number of anilines is 1. The van der Waals surface area contributed by atoms with E-state index < -0.39 is 6.10 Å². The van der Waals surface area contributed by atoms with Gasteiger partial charge in [0, 0.05) is 10.5 Å². The average molecular weight is 310 g/mol. The number of carbonyl (C=O) groups is 1. The molecular formula is C12H12BrN3O2. The van der Waals surface area contributed by atoms with E-state index in [4.69, 9.17) is 4.74 Å². The fourth-order valence-electron chi connectivity index (χ4n) is 1.33. The number of aromatic nitrogens is 2. The van der Waals surface area contributed by atoms with Crippen LogP contribution in [0, 0.1) is 0 Å². The smallest absolute Gasteiger partial charge is 0.266 e. The number of H-pyrrole nitrogens is 1. The highest BCUT2D eigenvalue weighted by Gasteiger charge is 2.15. The van der Waals surface area contributed by atoms with Crippen LogP contribution in [0.2, 0.25) is 0 Å². The molecule has 6 heteroatoms. The molecule has 2 rings (SSSR count). The van der Waals surface area contributed by atoms with Crippen molar-refractivity contribution in [1.29, 1.82) is 0 Å². The first-order valence-electron chi connectivity index (χ1n) is 5.37. The summed E-state index contributed by atoms with van der Waals surface area (Å²) in [5.41, 5.74) is 0. The van der Waals surface area contributed by atoms with Gasteiger partial charge in [-0.05, 0) is 31.2 Å². The van der Waals surface area contributed by atoms with Crippen LogP contribution in [0.15, 0.2) is 41.0 Å². The summed E-state index contributed by atoms with van der Waals surface area (Å²) < 4.78 is 6.48. The van der Waals surface area contributed by atoms with Crippen LogP contribution in [0.4, 0.5) is 5.82 Å². The largest absolute Gasteiger partial charge is 0.481 e. The third-order valence-electron chi connectivity index (χ3n) is 2.25. The molecule has 0 saturated carbocycles. The van der Waals surface area contributed by atoms with Crippen LogP contribution in [0.5, 0.6) is 5.75 Å². The van der Waals surface area contributed by atoms with Crippen LogP contribution in [-0.4, -0.2) is 22.2 Å². The lowest BCUT2D eigenvalue weighted by molar-refractivity contribution is -0.122. The van der Waals surface area contributed by atoms with Crippen LogP contribution in [0.25, 0.3) is 0 Å². The molecule has 1 atom stereocenters. The predicted molar refractivity (Wildman–Crippen MR) is 71.4 cm³/mol. The van der Waals surface area contributed by atoms with Crippen molar-refractivity contribution in [2.24, 2.45) is 0 Å². The lowest BCUT2D eigenvalue weighted by Gasteiger charge is -2.13. The number of hydrogen-bond acceptors (Lipinski definition) is 3. The van der Waals surface area contributed by atoms with E-state index in [0.29, 0.717) is 11.6 Å². The summed E-state index contributed by atoms with van der Waals surface area (Å²) >= 11 is 3.33. The van der Waals surface area contributed by atoms with E-state index in [-0.39, 0.29) is 5.91 Å². The molecule has 94 valence electrons.